The average Bonchev–Trinajstić information content (AvgIpc) is 3.05. The van der Waals surface area contributed by atoms with E-state index in [4.69, 9.17) is 4.74 Å². The standard InChI is InChI=1S/C32H35N5O6/c1-2-43-32(40)25-12-13-27(35-17-19-36(20-18-35)31(39)23-9-5-3-6-10-23)26(21-25)33-30(38)24-11-14-28(29(22-24)37(41)42)34-15-7-4-8-16-34/h3,5-6,9-14,21-22H,2,4,7-8,15-20H2,1H3,(H,33,38). The van der Waals surface area contributed by atoms with Gasteiger partial charge in [0.15, 0.2) is 0 Å². The number of piperazine rings is 1. The molecule has 2 aliphatic heterocycles. The van der Waals surface area contributed by atoms with Crippen LogP contribution in [0.25, 0.3) is 0 Å². The molecule has 3 aromatic carbocycles. The van der Waals surface area contributed by atoms with Crippen LogP contribution in [-0.4, -0.2) is 73.5 Å². The van der Waals surface area contributed by atoms with Gasteiger partial charge in [-0.25, -0.2) is 4.79 Å². The molecule has 2 amide bonds. The van der Waals surface area contributed by atoms with Gasteiger partial charge in [0.1, 0.15) is 5.69 Å². The van der Waals surface area contributed by atoms with Crippen LogP contribution in [0.3, 0.4) is 0 Å². The van der Waals surface area contributed by atoms with Gasteiger partial charge in [0.25, 0.3) is 17.5 Å². The average molecular weight is 586 g/mol. The maximum absolute atomic E-state index is 13.5. The third-order valence-corrected chi connectivity index (χ3v) is 7.82. The molecule has 2 fully saturated rings. The van der Waals surface area contributed by atoms with Crippen molar-refractivity contribution in [2.24, 2.45) is 0 Å². The molecule has 0 saturated carbocycles. The van der Waals surface area contributed by atoms with E-state index in [9.17, 15) is 24.5 Å². The van der Waals surface area contributed by atoms with Crippen molar-refractivity contribution in [2.75, 3.05) is 61.0 Å². The summed E-state index contributed by atoms with van der Waals surface area (Å²) in [6.45, 7) is 5.36. The molecule has 0 atom stereocenters. The smallest absolute Gasteiger partial charge is 0.338 e. The monoisotopic (exact) mass is 585 g/mol. The van der Waals surface area contributed by atoms with Gasteiger partial charge < -0.3 is 24.8 Å². The zero-order valence-electron chi connectivity index (χ0n) is 24.2. The number of carbonyl (C=O) groups is 3. The summed E-state index contributed by atoms with van der Waals surface area (Å²) in [6, 6.07) is 18.6. The highest BCUT2D eigenvalue weighted by molar-refractivity contribution is 6.07. The van der Waals surface area contributed by atoms with Gasteiger partial charge >= 0.3 is 5.97 Å². The lowest BCUT2D eigenvalue weighted by Gasteiger charge is -2.37. The summed E-state index contributed by atoms with van der Waals surface area (Å²) in [5, 5.41) is 14.8. The van der Waals surface area contributed by atoms with E-state index >= 15 is 0 Å². The first-order valence-corrected chi connectivity index (χ1v) is 14.6. The Bertz CT molecular complexity index is 1500. The number of ether oxygens (including phenoxy) is 1. The fourth-order valence-electron chi connectivity index (χ4n) is 5.57. The first kappa shape index (κ1) is 29.6. The first-order chi connectivity index (χ1) is 20.9. The molecule has 0 unspecified atom stereocenters. The maximum atomic E-state index is 13.5. The minimum absolute atomic E-state index is 0.0407. The second-order valence-corrected chi connectivity index (χ2v) is 10.6. The fourth-order valence-corrected chi connectivity index (χ4v) is 5.57. The molecule has 2 aliphatic rings. The molecular weight excluding hydrogens is 550 g/mol. The van der Waals surface area contributed by atoms with E-state index in [1.54, 1.807) is 54.3 Å². The van der Waals surface area contributed by atoms with E-state index in [2.05, 4.69) is 5.32 Å². The molecule has 1 N–H and O–H groups in total. The number of carbonyl (C=O) groups excluding carboxylic acids is 3. The van der Waals surface area contributed by atoms with Crippen LogP contribution in [0.2, 0.25) is 0 Å². The highest BCUT2D eigenvalue weighted by Crippen LogP contribution is 2.33. The first-order valence-electron chi connectivity index (χ1n) is 14.6. The molecule has 0 aliphatic carbocycles. The molecule has 2 heterocycles. The maximum Gasteiger partial charge on any atom is 0.338 e. The number of nitrogens with zero attached hydrogens (tertiary/aromatic N) is 4. The molecule has 0 radical (unpaired) electrons. The number of hydrogen-bond acceptors (Lipinski definition) is 8. The fraction of sp³-hybridized carbons (Fsp3) is 0.344. The van der Waals surface area contributed by atoms with Crippen molar-refractivity contribution in [2.45, 2.75) is 26.2 Å². The van der Waals surface area contributed by atoms with Gasteiger partial charge in [-0.3, -0.25) is 19.7 Å². The van der Waals surface area contributed by atoms with Crippen LogP contribution in [0.5, 0.6) is 0 Å². The molecule has 0 aromatic heterocycles. The van der Waals surface area contributed by atoms with Gasteiger partial charge in [-0.2, -0.15) is 0 Å². The van der Waals surface area contributed by atoms with Crippen LogP contribution in [0.15, 0.2) is 66.7 Å². The van der Waals surface area contributed by atoms with Gasteiger partial charge in [0.2, 0.25) is 0 Å². The van der Waals surface area contributed by atoms with E-state index in [-0.39, 0.29) is 29.3 Å². The Morgan fingerprint density at radius 1 is 0.791 bits per heavy atom. The summed E-state index contributed by atoms with van der Waals surface area (Å²) in [6.07, 6.45) is 3.03. The Kier molecular flexibility index (Phi) is 9.19. The molecule has 43 heavy (non-hydrogen) atoms. The third-order valence-electron chi connectivity index (χ3n) is 7.82. The van der Waals surface area contributed by atoms with E-state index in [1.165, 1.54) is 6.07 Å². The normalized spacial score (nSPS) is 15.1. The van der Waals surface area contributed by atoms with Crippen molar-refractivity contribution in [1.82, 2.24) is 4.90 Å². The lowest BCUT2D eigenvalue weighted by molar-refractivity contribution is -0.384. The number of anilines is 3. The lowest BCUT2D eigenvalue weighted by Crippen LogP contribution is -2.49. The Morgan fingerprint density at radius 3 is 2.12 bits per heavy atom. The largest absolute Gasteiger partial charge is 0.462 e. The molecular formula is C32H35N5O6. The van der Waals surface area contributed by atoms with Gasteiger partial charge in [-0.05, 0) is 68.7 Å². The summed E-state index contributed by atoms with van der Waals surface area (Å²) >= 11 is 0. The van der Waals surface area contributed by atoms with Crippen molar-refractivity contribution >= 4 is 40.5 Å². The number of amides is 2. The van der Waals surface area contributed by atoms with Gasteiger partial charge in [-0.15, -0.1) is 0 Å². The summed E-state index contributed by atoms with van der Waals surface area (Å²) in [5.41, 5.74) is 2.48. The van der Waals surface area contributed by atoms with Crippen LogP contribution in [0, 0.1) is 10.1 Å². The van der Waals surface area contributed by atoms with Crippen LogP contribution in [0.4, 0.5) is 22.7 Å². The van der Waals surface area contributed by atoms with Crippen LogP contribution in [-0.2, 0) is 4.74 Å². The van der Waals surface area contributed by atoms with Crippen molar-refractivity contribution in [1.29, 1.82) is 0 Å². The molecule has 5 rings (SSSR count). The number of benzene rings is 3. The minimum Gasteiger partial charge on any atom is -0.462 e. The number of nitrogens with one attached hydrogen (secondary N) is 1. The highest BCUT2D eigenvalue weighted by Gasteiger charge is 2.26. The quantitative estimate of drug-likeness (QED) is 0.223. The predicted molar refractivity (Wildman–Crippen MR) is 164 cm³/mol. The van der Waals surface area contributed by atoms with E-state index in [0.29, 0.717) is 48.8 Å². The Morgan fingerprint density at radius 2 is 1.44 bits per heavy atom. The molecule has 224 valence electrons. The topological polar surface area (TPSA) is 125 Å². The van der Waals surface area contributed by atoms with Crippen molar-refractivity contribution < 1.29 is 24.0 Å². The van der Waals surface area contributed by atoms with Gasteiger partial charge in [0, 0.05) is 56.5 Å². The summed E-state index contributed by atoms with van der Waals surface area (Å²) < 4.78 is 5.16. The third kappa shape index (κ3) is 6.77. The van der Waals surface area contributed by atoms with Crippen LogP contribution < -0.4 is 15.1 Å². The molecule has 3 aromatic rings. The summed E-state index contributed by atoms with van der Waals surface area (Å²) in [7, 11) is 0. The van der Waals surface area contributed by atoms with Gasteiger partial charge in [0.05, 0.1) is 28.5 Å². The number of hydrogen-bond donors (Lipinski definition) is 1. The molecule has 2 saturated heterocycles. The number of nitro groups is 1. The summed E-state index contributed by atoms with van der Waals surface area (Å²) in [4.78, 5) is 56.3. The number of rotatable bonds is 8. The molecule has 11 nitrogen and oxygen atoms in total. The lowest BCUT2D eigenvalue weighted by atomic mass is 10.1. The van der Waals surface area contributed by atoms with Gasteiger partial charge in [-0.1, -0.05) is 18.2 Å². The Balaban J connectivity index is 1.38. The number of esters is 1. The molecule has 11 heteroatoms. The van der Waals surface area contributed by atoms with Crippen molar-refractivity contribution in [3.8, 4) is 0 Å². The van der Waals surface area contributed by atoms with Crippen LogP contribution >= 0.6 is 0 Å². The van der Waals surface area contributed by atoms with Crippen LogP contribution in [0.1, 0.15) is 57.3 Å². The second-order valence-electron chi connectivity index (χ2n) is 10.6. The number of piperidine rings is 1. The Hall–Kier alpha value is -4.93. The second kappa shape index (κ2) is 13.4. The zero-order chi connectivity index (χ0) is 30.3. The van der Waals surface area contributed by atoms with Crippen molar-refractivity contribution in [3.63, 3.8) is 0 Å². The summed E-state index contributed by atoms with van der Waals surface area (Å²) in [5.74, 6) is -1.10. The van der Waals surface area contributed by atoms with Crippen molar-refractivity contribution in [3.05, 3.63) is 93.5 Å². The highest BCUT2D eigenvalue weighted by atomic mass is 16.6. The SMILES string of the molecule is CCOC(=O)c1ccc(N2CCN(C(=O)c3ccccc3)CC2)c(NC(=O)c2ccc(N3CCCCC3)c([N+](=O)[O-])c2)c1. The Labute approximate surface area is 250 Å². The minimum atomic E-state index is -0.534. The molecule has 0 spiro atoms. The zero-order valence-corrected chi connectivity index (χ0v) is 24.2. The van der Waals surface area contributed by atoms with E-state index in [1.807, 2.05) is 28.0 Å². The van der Waals surface area contributed by atoms with E-state index in [0.717, 1.165) is 32.4 Å². The predicted octanol–water partition coefficient (Wildman–Crippen LogP) is 4.98. The van der Waals surface area contributed by atoms with E-state index < -0.39 is 16.8 Å². The number of nitro benzene ring substituents is 1. The molecule has 0 bridgehead atoms.